The van der Waals surface area contributed by atoms with Crippen molar-refractivity contribution in [2.45, 2.75) is 57.5 Å². The summed E-state index contributed by atoms with van der Waals surface area (Å²) in [6.07, 6.45) is 11.9. The molecule has 1 aromatic rings. The van der Waals surface area contributed by atoms with Gasteiger partial charge in [-0.2, -0.15) is 0 Å². The lowest BCUT2D eigenvalue weighted by molar-refractivity contribution is 0.0470. The zero-order chi connectivity index (χ0) is 14.7. The highest BCUT2D eigenvalue weighted by molar-refractivity contribution is 5.18. The number of hydrogen-bond acceptors (Lipinski definition) is 3. The zero-order valence-electron chi connectivity index (χ0n) is 13.2. The minimum atomic E-state index is 0.215. The average Bonchev–Trinajstić information content (AvgIpc) is 2.56. The Balaban J connectivity index is 1.77. The quantitative estimate of drug-likeness (QED) is 0.923. The van der Waals surface area contributed by atoms with Gasteiger partial charge >= 0.3 is 0 Å². The van der Waals surface area contributed by atoms with Crippen molar-refractivity contribution in [3.05, 3.63) is 30.1 Å². The molecule has 3 heteroatoms. The molecular weight excluding hydrogens is 258 g/mol. The molecule has 4 unspecified atom stereocenters. The molecule has 0 amide bonds. The molecule has 3 rings (SSSR count). The Morgan fingerprint density at radius 1 is 1.19 bits per heavy atom. The lowest BCUT2D eigenvalue weighted by atomic mass is 9.74. The fraction of sp³-hybridized carbons (Fsp3) is 0.722. The fourth-order valence-corrected chi connectivity index (χ4v) is 4.39. The van der Waals surface area contributed by atoms with Gasteiger partial charge in [-0.05, 0) is 55.3 Å². The van der Waals surface area contributed by atoms with Crippen LogP contribution in [0.15, 0.2) is 24.5 Å². The van der Waals surface area contributed by atoms with E-state index in [2.05, 4.69) is 28.9 Å². The topological polar surface area (TPSA) is 42.1 Å². The molecule has 21 heavy (non-hydrogen) atoms. The van der Waals surface area contributed by atoms with Crippen molar-refractivity contribution in [2.24, 2.45) is 17.6 Å². The number of rotatable bonds is 4. The van der Waals surface area contributed by atoms with Gasteiger partial charge in [0.25, 0.3) is 0 Å². The van der Waals surface area contributed by atoms with Crippen LogP contribution in [0.25, 0.3) is 0 Å². The van der Waals surface area contributed by atoms with E-state index in [9.17, 15) is 0 Å². The summed E-state index contributed by atoms with van der Waals surface area (Å²) in [5, 5.41) is 0. The molecule has 1 aromatic heterocycles. The predicted octanol–water partition coefficient (Wildman–Crippen LogP) is 3.37. The number of piperidine rings is 1. The second kappa shape index (κ2) is 6.89. The van der Waals surface area contributed by atoms with Gasteiger partial charge in [0.1, 0.15) is 0 Å². The summed E-state index contributed by atoms with van der Waals surface area (Å²) in [5.41, 5.74) is 7.83. The second-order valence-electron chi connectivity index (χ2n) is 6.89. The Kier molecular flexibility index (Phi) is 4.91. The van der Waals surface area contributed by atoms with E-state index in [0.29, 0.717) is 6.04 Å². The molecule has 0 spiro atoms. The lowest BCUT2D eigenvalue weighted by Gasteiger charge is -2.46. The van der Waals surface area contributed by atoms with Gasteiger partial charge in [0, 0.05) is 31.0 Å². The number of nitrogens with two attached hydrogens (primary N) is 1. The number of nitrogens with zero attached hydrogens (tertiary/aromatic N) is 2. The van der Waals surface area contributed by atoms with Crippen molar-refractivity contribution >= 4 is 0 Å². The number of hydrogen-bond donors (Lipinski definition) is 1. The van der Waals surface area contributed by atoms with E-state index < -0.39 is 0 Å². The number of pyridine rings is 1. The molecule has 116 valence electrons. The summed E-state index contributed by atoms with van der Waals surface area (Å²) in [4.78, 5) is 6.83. The third kappa shape index (κ3) is 3.29. The van der Waals surface area contributed by atoms with Crippen LogP contribution in [0.2, 0.25) is 0 Å². The van der Waals surface area contributed by atoms with Crippen LogP contribution >= 0.6 is 0 Å². The van der Waals surface area contributed by atoms with E-state index in [1.807, 2.05) is 12.4 Å². The Morgan fingerprint density at radius 2 is 1.90 bits per heavy atom. The highest BCUT2D eigenvalue weighted by Crippen LogP contribution is 2.39. The minimum absolute atomic E-state index is 0.215. The molecule has 2 aliphatic rings. The van der Waals surface area contributed by atoms with Crippen LogP contribution in [0.1, 0.15) is 57.1 Å². The van der Waals surface area contributed by atoms with Crippen molar-refractivity contribution in [3.8, 4) is 0 Å². The molecule has 0 bridgehead atoms. The van der Waals surface area contributed by atoms with E-state index in [4.69, 9.17) is 5.73 Å². The maximum atomic E-state index is 6.49. The van der Waals surface area contributed by atoms with E-state index in [1.165, 1.54) is 50.8 Å². The molecule has 2 N–H and O–H groups in total. The highest BCUT2D eigenvalue weighted by atomic mass is 15.2. The maximum Gasteiger partial charge on any atom is 0.0500 e. The van der Waals surface area contributed by atoms with Gasteiger partial charge in [-0.3, -0.25) is 9.88 Å². The van der Waals surface area contributed by atoms with Crippen molar-refractivity contribution in [1.29, 1.82) is 0 Å². The van der Waals surface area contributed by atoms with Crippen LogP contribution in [-0.2, 0) is 0 Å². The summed E-state index contributed by atoms with van der Waals surface area (Å²) in [6.45, 7) is 4.65. The Bertz CT molecular complexity index is 433. The third-order valence-electron chi connectivity index (χ3n) is 5.64. The highest BCUT2D eigenvalue weighted by Gasteiger charge is 2.35. The normalized spacial score (nSPS) is 29.6. The van der Waals surface area contributed by atoms with Gasteiger partial charge < -0.3 is 5.73 Å². The minimum Gasteiger partial charge on any atom is -0.326 e. The Labute approximate surface area is 128 Å². The molecule has 3 nitrogen and oxygen atoms in total. The van der Waals surface area contributed by atoms with E-state index in [0.717, 1.165) is 18.3 Å². The van der Waals surface area contributed by atoms with Crippen LogP contribution in [0.3, 0.4) is 0 Å². The van der Waals surface area contributed by atoms with Crippen LogP contribution in [0.5, 0.6) is 0 Å². The molecule has 1 aliphatic heterocycles. The summed E-state index contributed by atoms with van der Waals surface area (Å²) >= 11 is 0. The fourth-order valence-electron chi connectivity index (χ4n) is 4.39. The summed E-state index contributed by atoms with van der Waals surface area (Å²) in [5.74, 6) is 1.88. The number of likely N-dealkylation sites (tertiary alicyclic amines) is 1. The van der Waals surface area contributed by atoms with Gasteiger partial charge in [-0.25, -0.2) is 0 Å². The van der Waals surface area contributed by atoms with E-state index in [-0.39, 0.29) is 6.04 Å². The van der Waals surface area contributed by atoms with Gasteiger partial charge in [-0.15, -0.1) is 0 Å². The third-order valence-corrected chi connectivity index (χ3v) is 5.64. The predicted molar refractivity (Wildman–Crippen MR) is 86.9 cm³/mol. The first-order valence-corrected chi connectivity index (χ1v) is 8.69. The molecule has 2 fully saturated rings. The first kappa shape index (κ1) is 15.0. The summed E-state index contributed by atoms with van der Waals surface area (Å²) < 4.78 is 0. The Morgan fingerprint density at radius 3 is 2.62 bits per heavy atom. The van der Waals surface area contributed by atoms with Crippen molar-refractivity contribution < 1.29 is 0 Å². The SMILES string of the molecule is CCC(N)C(c1ccncc1)N1CCC2CCCCC2C1. The standard InChI is InChI=1S/C18H29N3/c1-2-17(19)18(15-7-10-20-11-8-15)21-12-9-14-5-3-4-6-16(14)13-21/h7-8,10-11,14,16-18H,2-6,9,12-13,19H2,1H3. The summed E-state index contributed by atoms with van der Waals surface area (Å²) in [6, 6.07) is 4.87. The Hall–Kier alpha value is -0.930. The van der Waals surface area contributed by atoms with Crippen molar-refractivity contribution in [3.63, 3.8) is 0 Å². The van der Waals surface area contributed by atoms with E-state index >= 15 is 0 Å². The van der Waals surface area contributed by atoms with Crippen LogP contribution in [0.4, 0.5) is 0 Å². The first-order valence-electron chi connectivity index (χ1n) is 8.69. The van der Waals surface area contributed by atoms with Crippen molar-refractivity contribution in [2.75, 3.05) is 13.1 Å². The lowest BCUT2D eigenvalue weighted by Crippen LogP contribution is -2.48. The number of fused-ring (bicyclic) bond motifs is 1. The summed E-state index contributed by atoms with van der Waals surface area (Å²) in [7, 11) is 0. The van der Waals surface area contributed by atoms with Gasteiger partial charge in [-0.1, -0.05) is 26.2 Å². The average molecular weight is 287 g/mol. The van der Waals surface area contributed by atoms with Crippen molar-refractivity contribution in [1.82, 2.24) is 9.88 Å². The molecule has 2 heterocycles. The van der Waals surface area contributed by atoms with E-state index in [1.54, 1.807) is 0 Å². The molecule has 4 atom stereocenters. The zero-order valence-corrected chi connectivity index (χ0v) is 13.2. The molecule has 0 radical (unpaired) electrons. The van der Waals surface area contributed by atoms with Crippen LogP contribution in [0, 0.1) is 11.8 Å². The van der Waals surface area contributed by atoms with Gasteiger partial charge in [0.05, 0.1) is 0 Å². The first-order chi connectivity index (χ1) is 10.3. The number of aromatic nitrogens is 1. The molecule has 1 saturated carbocycles. The van der Waals surface area contributed by atoms with Crippen LogP contribution < -0.4 is 5.73 Å². The largest absolute Gasteiger partial charge is 0.326 e. The molecule has 1 aliphatic carbocycles. The molecule has 0 aromatic carbocycles. The van der Waals surface area contributed by atoms with Gasteiger partial charge in [0.2, 0.25) is 0 Å². The van der Waals surface area contributed by atoms with Crippen LogP contribution in [-0.4, -0.2) is 29.0 Å². The molecule has 1 saturated heterocycles. The second-order valence-corrected chi connectivity index (χ2v) is 6.89. The molecular formula is C18H29N3. The van der Waals surface area contributed by atoms with Gasteiger partial charge in [0.15, 0.2) is 0 Å². The maximum absolute atomic E-state index is 6.49. The smallest absolute Gasteiger partial charge is 0.0500 e. The monoisotopic (exact) mass is 287 g/mol.